The fourth-order valence-electron chi connectivity index (χ4n) is 2.33. The lowest BCUT2D eigenvalue weighted by Gasteiger charge is -2.25. The molecular formula is C12H15Br. The second-order valence-corrected chi connectivity index (χ2v) is 4.66. The van der Waals surface area contributed by atoms with E-state index in [1.54, 1.807) is 11.1 Å². The minimum Gasteiger partial charge on any atom is -0.0648 e. The summed E-state index contributed by atoms with van der Waals surface area (Å²) in [5, 5.41) is 0. The van der Waals surface area contributed by atoms with Crippen molar-refractivity contribution in [3.8, 4) is 0 Å². The summed E-state index contributed by atoms with van der Waals surface area (Å²) in [6.45, 7) is 2.29. The summed E-state index contributed by atoms with van der Waals surface area (Å²) >= 11 is 3.64. The molecular weight excluding hydrogens is 224 g/mol. The van der Waals surface area contributed by atoms with Crippen molar-refractivity contribution in [3.05, 3.63) is 33.8 Å². The van der Waals surface area contributed by atoms with Crippen LogP contribution in [0.15, 0.2) is 22.7 Å². The number of rotatable bonds is 1. The van der Waals surface area contributed by atoms with Gasteiger partial charge in [-0.15, -0.1) is 0 Å². The van der Waals surface area contributed by atoms with E-state index in [-0.39, 0.29) is 0 Å². The molecule has 1 heteroatoms. The number of hydrogen-bond donors (Lipinski definition) is 0. The van der Waals surface area contributed by atoms with Gasteiger partial charge >= 0.3 is 0 Å². The van der Waals surface area contributed by atoms with Crippen molar-refractivity contribution in [2.45, 2.75) is 38.5 Å². The van der Waals surface area contributed by atoms with Gasteiger partial charge < -0.3 is 0 Å². The molecule has 0 saturated heterocycles. The molecule has 70 valence electrons. The van der Waals surface area contributed by atoms with Gasteiger partial charge in [-0.05, 0) is 48.8 Å². The molecule has 1 aromatic rings. The largest absolute Gasteiger partial charge is 0.0648 e. The molecule has 1 unspecified atom stereocenters. The first kappa shape index (κ1) is 9.26. The summed E-state index contributed by atoms with van der Waals surface area (Å²) in [6, 6.07) is 6.63. The van der Waals surface area contributed by atoms with Crippen LogP contribution in [0, 0.1) is 0 Å². The third-order valence-electron chi connectivity index (χ3n) is 3.07. The molecule has 1 aromatic carbocycles. The Kier molecular flexibility index (Phi) is 2.73. The molecule has 0 aromatic heterocycles. The van der Waals surface area contributed by atoms with Crippen molar-refractivity contribution in [3.63, 3.8) is 0 Å². The molecule has 1 aliphatic carbocycles. The van der Waals surface area contributed by atoms with Crippen molar-refractivity contribution in [2.75, 3.05) is 0 Å². The van der Waals surface area contributed by atoms with E-state index in [0.29, 0.717) is 0 Å². The van der Waals surface area contributed by atoms with Crippen molar-refractivity contribution >= 4 is 15.9 Å². The Morgan fingerprint density at radius 1 is 1.46 bits per heavy atom. The van der Waals surface area contributed by atoms with Gasteiger partial charge in [0.2, 0.25) is 0 Å². The summed E-state index contributed by atoms with van der Waals surface area (Å²) in [5.74, 6) is 0.807. The highest BCUT2D eigenvalue weighted by Gasteiger charge is 2.19. The Labute approximate surface area is 88.5 Å². The van der Waals surface area contributed by atoms with E-state index in [4.69, 9.17) is 0 Å². The van der Waals surface area contributed by atoms with Crippen molar-refractivity contribution < 1.29 is 0 Å². The van der Waals surface area contributed by atoms with Crippen LogP contribution in [-0.2, 0) is 6.42 Å². The molecule has 0 heterocycles. The minimum atomic E-state index is 0.807. The van der Waals surface area contributed by atoms with Gasteiger partial charge in [0.15, 0.2) is 0 Å². The average Bonchev–Trinajstić information content (AvgIpc) is 2.18. The van der Waals surface area contributed by atoms with Gasteiger partial charge in [-0.2, -0.15) is 0 Å². The maximum atomic E-state index is 3.64. The van der Waals surface area contributed by atoms with Gasteiger partial charge in [-0.1, -0.05) is 35.0 Å². The number of fused-ring (bicyclic) bond motifs is 1. The summed E-state index contributed by atoms with van der Waals surface area (Å²) in [7, 11) is 0. The lowest BCUT2D eigenvalue weighted by atomic mass is 9.81. The topological polar surface area (TPSA) is 0 Å². The number of halogens is 1. The molecule has 0 spiro atoms. The van der Waals surface area contributed by atoms with E-state index < -0.39 is 0 Å². The minimum absolute atomic E-state index is 0.807. The van der Waals surface area contributed by atoms with Crippen LogP contribution in [0.2, 0.25) is 0 Å². The molecule has 2 rings (SSSR count). The summed E-state index contributed by atoms with van der Waals surface area (Å²) in [6.07, 6.45) is 5.27. The van der Waals surface area contributed by atoms with Crippen LogP contribution in [0.4, 0.5) is 0 Å². The summed E-state index contributed by atoms with van der Waals surface area (Å²) < 4.78 is 1.31. The van der Waals surface area contributed by atoms with Crippen molar-refractivity contribution in [1.29, 1.82) is 0 Å². The van der Waals surface area contributed by atoms with E-state index in [1.165, 1.54) is 30.2 Å². The zero-order chi connectivity index (χ0) is 9.26. The van der Waals surface area contributed by atoms with Gasteiger partial charge in [-0.25, -0.2) is 0 Å². The van der Waals surface area contributed by atoms with Crippen LogP contribution in [0.5, 0.6) is 0 Å². The van der Waals surface area contributed by atoms with E-state index in [1.807, 2.05) is 0 Å². The molecule has 0 aliphatic heterocycles. The molecule has 0 radical (unpaired) electrons. The van der Waals surface area contributed by atoms with Gasteiger partial charge in [0.1, 0.15) is 0 Å². The maximum absolute atomic E-state index is 3.64. The van der Waals surface area contributed by atoms with Crippen molar-refractivity contribution in [1.82, 2.24) is 0 Å². The summed E-state index contributed by atoms with van der Waals surface area (Å²) in [5.41, 5.74) is 3.14. The molecule has 1 atom stereocenters. The molecule has 0 nitrogen and oxygen atoms in total. The number of hydrogen-bond acceptors (Lipinski definition) is 0. The normalized spacial score (nSPS) is 21.2. The molecule has 0 amide bonds. The van der Waals surface area contributed by atoms with E-state index in [0.717, 1.165) is 5.92 Å². The third kappa shape index (κ3) is 1.67. The lowest BCUT2D eigenvalue weighted by Crippen LogP contribution is -2.09. The van der Waals surface area contributed by atoms with Gasteiger partial charge in [-0.3, -0.25) is 0 Å². The van der Waals surface area contributed by atoms with Crippen LogP contribution in [0.1, 0.15) is 43.2 Å². The van der Waals surface area contributed by atoms with Crippen LogP contribution in [-0.4, -0.2) is 0 Å². The Morgan fingerprint density at radius 2 is 2.31 bits per heavy atom. The van der Waals surface area contributed by atoms with E-state index in [9.17, 15) is 0 Å². The molecule has 0 fully saturated rings. The van der Waals surface area contributed by atoms with Gasteiger partial charge in [0.05, 0.1) is 0 Å². The quantitative estimate of drug-likeness (QED) is 0.686. The van der Waals surface area contributed by atoms with Crippen molar-refractivity contribution in [2.24, 2.45) is 0 Å². The fourth-order valence-corrected chi connectivity index (χ4v) is 2.91. The summed E-state index contributed by atoms with van der Waals surface area (Å²) in [4.78, 5) is 0. The van der Waals surface area contributed by atoms with Gasteiger partial charge in [0, 0.05) is 4.47 Å². The first-order valence-electron chi connectivity index (χ1n) is 5.10. The molecule has 13 heavy (non-hydrogen) atoms. The average molecular weight is 239 g/mol. The number of benzene rings is 1. The Bertz CT molecular complexity index is 304. The molecule has 0 bridgehead atoms. The SMILES string of the molecule is CCC1CCCc2c(Br)cccc21. The van der Waals surface area contributed by atoms with Crippen LogP contribution < -0.4 is 0 Å². The van der Waals surface area contributed by atoms with Crippen LogP contribution in [0.25, 0.3) is 0 Å². The van der Waals surface area contributed by atoms with E-state index in [2.05, 4.69) is 41.1 Å². The first-order chi connectivity index (χ1) is 6.33. The van der Waals surface area contributed by atoms with Crippen LogP contribution in [0.3, 0.4) is 0 Å². The smallest absolute Gasteiger partial charge is 0.0210 e. The highest BCUT2D eigenvalue weighted by atomic mass is 79.9. The zero-order valence-corrected chi connectivity index (χ0v) is 9.60. The second-order valence-electron chi connectivity index (χ2n) is 3.81. The zero-order valence-electron chi connectivity index (χ0n) is 8.02. The standard InChI is InChI=1S/C12H15Br/c1-2-9-5-3-7-11-10(9)6-4-8-12(11)13/h4,6,8-9H,2-3,5,7H2,1H3. The molecule has 1 aliphatic rings. The lowest BCUT2D eigenvalue weighted by molar-refractivity contribution is 0.539. The third-order valence-corrected chi connectivity index (χ3v) is 3.81. The highest BCUT2D eigenvalue weighted by Crippen LogP contribution is 2.36. The predicted octanol–water partition coefficient (Wildman–Crippen LogP) is 4.28. The molecule has 0 N–H and O–H groups in total. The predicted molar refractivity (Wildman–Crippen MR) is 60.1 cm³/mol. The fraction of sp³-hybridized carbons (Fsp3) is 0.500. The van der Waals surface area contributed by atoms with Crippen LogP contribution >= 0.6 is 15.9 Å². The highest BCUT2D eigenvalue weighted by molar-refractivity contribution is 9.10. The van der Waals surface area contributed by atoms with Gasteiger partial charge in [0.25, 0.3) is 0 Å². The first-order valence-corrected chi connectivity index (χ1v) is 5.89. The molecule has 0 saturated carbocycles. The van der Waals surface area contributed by atoms with E-state index >= 15 is 0 Å². The Balaban J connectivity index is 2.45. The Morgan fingerprint density at radius 3 is 3.08 bits per heavy atom. The Hall–Kier alpha value is -0.300. The second kappa shape index (κ2) is 3.83. The maximum Gasteiger partial charge on any atom is 0.0210 e. The monoisotopic (exact) mass is 238 g/mol.